The van der Waals surface area contributed by atoms with E-state index in [1.807, 2.05) is 0 Å². The minimum Gasteiger partial charge on any atom is -0.484 e. The smallest absolute Gasteiger partial charge is 0.339 e. The summed E-state index contributed by atoms with van der Waals surface area (Å²) in [4.78, 5) is 42.8. The molecule has 1 aliphatic heterocycles. The summed E-state index contributed by atoms with van der Waals surface area (Å²) in [7, 11) is 0. The highest BCUT2D eigenvalue weighted by molar-refractivity contribution is 5.89. The Labute approximate surface area is 179 Å². The first-order chi connectivity index (χ1) is 15.0. The van der Waals surface area contributed by atoms with Crippen LogP contribution in [0.1, 0.15) is 23.7 Å². The number of carbonyl (C=O) groups is 2. The molecule has 1 aliphatic rings. The molecule has 10 nitrogen and oxygen atoms in total. The number of esters is 1. The van der Waals surface area contributed by atoms with E-state index >= 15 is 0 Å². The van der Waals surface area contributed by atoms with Crippen LogP contribution < -0.4 is 9.64 Å². The van der Waals surface area contributed by atoms with Crippen molar-refractivity contribution in [2.75, 3.05) is 44.3 Å². The largest absolute Gasteiger partial charge is 0.484 e. The number of rotatable bonds is 7. The minimum absolute atomic E-state index is 0.0863. The molecule has 0 atom stereocenters. The lowest BCUT2D eigenvalue weighted by molar-refractivity contribution is -0.384. The van der Waals surface area contributed by atoms with Crippen LogP contribution in [0.2, 0.25) is 0 Å². The second-order valence-electron chi connectivity index (χ2n) is 6.89. The van der Waals surface area contributed by atoms with Gasteiger partial charge in [-0.1, -0.05) is 6.07 Å². The molecule has 10 heteroatoms. The average Bonchev–Trinajstić information content (AvgIpc) is 3.04. The summed E-state index contributed by atoms with van der Waals surface area (Å²) >= 11 is 0. The summed E-state index contributed by atoms with van der Waals surface area (Å²) in [5.74, 6) is 0.428. The van der Waals surface area contributed by atoms with Gasteiger partial charge in [0.15, 0.2) is 6.61 Å². The molecule has 164 valence electrons. The number of nitro groups is 1. The normalized spacial score (nSPS) is 14.0. The second-order valence-corrected chi connectivity index (χ2v) is 6.89. The lowest BCUT2D eigenvalue weighted by atomic mass is 10.2. The number of carbonyl (C=O) groups excluding carboxylic acids is 2. The fourth-order valence-electron chi connectivity index (χ4n) is 3.23. The Bertz CT molecular complexity index is 934. The maximum absolute atomic E-state index is 12.5. The van der Waals surface area contributed by atoms with E-state index < -0.39 is 10.9 Å². The van der Waals surface area contributed by atoms with Crippen LogP contribution in [0.3, 0.4) is 0 Å². The molecule has 2 aromatic rings. The molecule has 1 aromatic heterocycles. The van der Waals surface area contributed by atoms with E-state index in [-0.39, 0.29) is 24.0 Å². The van der Waals surface area contributed by atoms with E-state index in [0.717, 1.165) is 18.8 Å². The van der Waals surface area contributed by atoms with Gasteiger partial charge in [-0.15, -0.1) is 0 Å². The molecule has 1 fully saturated rings. The summed E-state index contributed by atoms with van der Waals surface area (Å²) in [5, 5.41) is 10.8. The van der Waals surface area contributed by atoms with E-state index in [4.69, 9.17) is 9.47 Å². The summed E-state index contributed by atoms with van der Waals surface area (Å²) in [6, 6.07) is 9.21. The first-order valence-electron chi connectivity index (χ1n) is 10.0. The Morgan fingerprint density at radius 3 is 2.71 bits per heavy atom. The molecule has 0 radical (unpaired) electrons. The molecule has 1 amide bonds. The van der Waals surface area contributed by atoms with E-state index in [2.05, 4.69) is 9.88 Å². The Morgan fingerprint density at radius 2 is 2.00 bits per heavy atom. The Balaban J connectivity index is 1.53. The van der Waals surface area contributed by atoms with Crippen LogP contribution in [0.15, 0.2) is 42.6 Å². The molecular weight excluding hydrogens is 404 g/mol. The van der Waals surface area contributed by atoms with Gasteiger partial charge in [0.25, 0.3) is 11.6 Å². The van der Waals surface area contributed by atoms with Crippen LogP contribution >= 0.6 is 0 Å². The monoisotopic (exact) mass is 428 g/mol. The van der Waals surface area contributed by atoms with Crippen molar-refractivity contribution < 1.29 is 24.0 Å². The van der Waals surface area contributed by atoms with Gasteiger partial charge in [0, 0.05) is 38.4 Å². The van der Waals surface area contributed by atoms with Crippen molar-refractivity contribution in [2.45, 2.75) is 13.3 Å². The quantitative estimate of drug-likeness (QED) is 0.375. The number of amides is 1. The molecule has 0 aliphatic carbocycles. The van der Waals surface area contributed by atoms with Gasteiger partial charge in [0.2, 0.25) is 0 Å². The van der Waals surface area contributed by atoms with Crippen LogP contribution in [0, 0.1) is 10.1 Å². The van der Waals surface area contributed by atoms with Crippen LogP contribution in [0.5, 0.6) is 5.75 Å². The van der Waals surface area contributed by atoms with Crippen molar-refractivity contribution in [3.8, 4) is 5.75 Å². The zero-order valence-electron chi connectivity index (χ0n) is 17.2. The highest BCUT2D eigenvalue weighted by Gasteiger charge is 2.21. The Hall–Kier alpha value is -3.69. The molecule has 2 heterocycles. The molecule has 3 rings (SSSR count). The molecular formula is C21H24N4O6. The number of hydrogen-bond acceptors (Lipinski definition) is 8. The maximum atomic E-state index is 12.5. The average molecular weight is 428 g/mol. The first-order valence-corrected chi connectivity index (χ1v) is 10.0. The van der Waals surface area contributed by atoms with Gasteiger partial charge < -0.3 is 19.3 Å². The van der Waals surface area contributed by atoms with Crippen molar-refractivity contribution in [3.05, 3.63) is 58.3 Å². The number of benzene rings is 1. The fraction of sp³-hybridized carbons (Fsp3) is 0.381. The number of nitrogens with zero attached hydrogens (tertiary/aromatic N) is 4. The SMILES string of the molecule is CCOC(=O)c1ccc(N2CCCN(C(=O)COc3cccc([N+](=O)[O-])c3)CC2)nc1. The number of non-ortho nitro benzene ring substituents is 1. The topological polar surface area (TPSA) is 115 Å². The zero-order chi connectivity index (χ0) is 22.2. The van der Waals surface area contributed by atoms with Crippen molar-refractivity contribution in [2.24, 2.45) is 0 Å². The van der Waals surface area contributed by atoms with E-state index in [0.29, 0.717) is 31.8 Å². The predicted octanol–water partition coefficient (Wildman–Crippen LogP) is 2.28. The number of pyridine rings is 1. The van der Waals surface area contributed by atoms with Crippen LogP contribution in [0.25, 0.3) is 0 Å². The van der Waals surface area contributed by atoms with Gasteiger partial charge >= 0.3 is 5.97 Å². The molecule has 1 saturated heterocycles. The summed E-state index contributed by atoms with van der Waals surface area (Å²) < 4.78 is 10.4. The zero-order valence-corrected chi connectivity index (χ0v) is 17.2. The third kappa shape index (κ3) is 5.91. The van der Waals surface area contributed by atoms with Crippen molar-refractivity contribution in [1.29, 1.82) is 0 Å². The summed E-state index contributed by atoms with van der Waals surface area (Å²) in [6.07, 6.45) is 2.25. The minimum atomic E-state index is -0.509. The third-order valence-electron chi connectivity index (χ3n) is 4.82. The van der Waals surface area contributed by atoms with Crippen LogP contribution in [-0.2, 0) is 9.53 Å². The van der Waals surface area contributed by atoms with Gasteiger partial charge in [-0.2, -0.15) is 0 Å². The predicted molar refractivity (Wildman–Crippen MR) is 112 cm³/mol. The lowest BCUT2D eigenvalue weighted by Gasteiger charge is -2.23. The van der Waals surface area contributed by atoms with Gasteiger partial charge in [-0.3, -0.25) is 14.9 Å². The van der Waals surface area contributed by atoms with Crippen molar-refractivity contribution in [3.63, 3.8) is 0 Å². The fourth-order valence-corrected chi connectivity index (χ4v) is 3.23. The van der Waals surface area contributed by atoms with Crippen LogP contribution in [0.4, 0.5) is 11.5 Å². The van der Waals surface area contributed by atoms with Gasteiger partial charge in [0.1, 0.15) is 11.6 Å². The standard InChI is InChI=1S/C21H24N4O6/c1-2-30-21(27)16-7-8-19(22-14-16)23-9-4-10-24(12-11-23)20(26)15-31-18-6-3-5-17(13-18)25(28)29/h3,5-8,13-14H,2,4,9-12,15H2,1H3. The van der Waals surface area contributed by atoms with Crippen molar-refractivity contribution in [1.82, 2.24) is 9.88 Å². The molecule has 0 unspecified atom stereocenters. The van der Waals surface area contributed by atoms with Crippen molar-refractivity contribution >= 4 is 23.4 Å². The number of hydrogen-bond donors (Lipinski definition) is 0. The molecule has 0 bridgehead atoms. The van der Waals surface area contributed by atoms with E-state index in [9.17, 15) is 19.7 Å². The maximum Gasteiger partial charge on any atom is 0.339 e. The molecule has 0 saturated carbocycles. The number of aromatic nitrogens is 1. The third-order valence-corrected chi connectivity index (χ3v) is 4.82. The van der Waals surface area contributed by atoms with E-state index in [1.54, 1.807) is 30.0 Å². The lowest BCUT2D eigenvalue weighted by Crippen LogP contribution is -2.38. The first kappa shape index (κ1) is 22.0. The number of nitro benzene ring substituents is 1. The molecule has 1 aromatic carbocycles. The summed E-state index contributed by atoms with van der Waals surface area (Å²) in [6.45, 7) is 4.26. The molecule has 0 spiro atoms. The Kier molecular flexibility index (Phi) is 7.36. The van der Waals surface area contributed by atoms with Gasteiger partial charge in [0.05, 0.1) is 23.2 Å². The van der Waals surface area contributed by atoms with Gasteiger partial charge in [-0.05, 0) is 31.5 Å². The number of ether oxygens (including phenoxy) is 2. The highest BCUT2D eigenvalue weighted by Crippen LogP contribution is 2.19. The second kappa shape index (κ2) is 10.4. The summed E-state index contributed by atoms with van der Waals surface area (Å²) in [5.41, 5.74) is 0.312. The molecule has 31 heavy (non-hydrogen) atoms. The van der Waals surface area contributed by atoms with Crippen LogP contribution in [-0.4, -0.2) is 66.1 Å². The Morgan fingerprint density at radius 1 is 1.16 bits per heavy atom. The van der Waals surface area contributed by atoms with E-state index in [1.165, 1.54) is 24.4 Å². The number of anilines is 1. The highest BCUT2D eigenvalue weighted by atomic mass is 16.6. The van der Waals surface area contributed by atoms with Gasteiger partial charge in [-0.25, -0.2) is 9.78 Å². The molecule has 0 N–H and O–H groups in total.